The first kappa shape index (κ1) is 11.2. The Bertz CT molecular complexity index is 354. The molecule has 1 aliphatic rings. The van der Waals surface area contributed by atoms with E-state index in [0.717, 1.165) is 25.2 Å². The highest BCUT2D eigenvalue weighted by Gasteiger charge is 2.17. The van der Waals surface area contributed by atoms with E-state index in [4.69, 9.17) is 5.41 Å². The highest BCUT2D eigenvalue weighted by Crippen LogP contribution is 2.22. The van der Waals surface area contributed by atoms with E-state index < -0.39 is 0 Å². The van der Waals surface area contributed by atoms with Crippen molar-refractivity contribution in [2.45, 2.75) is 39.0 Å². The summed E-state index contributed by atoms with van der Waals surface area (Å²) in [7, 11) is 0. The zero-order valence-corrected chi connectivity index (χ0v) is 10.00. The molecule has 1 N–H and O–H groups in total. The fraction of sp³-hybridized carbons (Fsp3) is 0.500. The molecule has 0 atom stereocenters. The molecule has 0 spiro atoms. The van der Waals surface area contributed by atoms with Gasteiger partial charge >= 0.3 is 0 Å². The molecule has 0 saturated carbocycles. The normalized spacial score (nSPS) is 15.8. The van der Waals surface area contributed by atoms with Gasteiger partial charge in [-0.3, -0.25) is 5.41 Å². The van der Waals surface area contributed by atoms with Crippen molar-refractivity contribution in [3.8, 4) is 0 Å². The van der Waals surface area contributed by atoms with E-state index in [2.05, 4.69) is 36.1 Å². The van der Waals surface area contributed by atoms with E-state index >= 15 is 0 Å². The largest absolute Gasteiger partial charge is 0.330 e. The number of amidine groups is 1. The summed E-state index contributed by atoms with van der Waals surface area (Å²) in [5, 5.41) is 7.83. The summed E-state index contributed by atoms with van der Waals surface area (Å²) < 4.78 is 0. The summed E-state index contributed by atoms with van der Waals surface area (Å²) in [5.74, 6) is 0.765. The highest BCUT2D eigenvalue weighted by atomic mass is 15.2. The van der Waals surface area contributed by atoms with Gasteiger partial charge < -0.3 is 4.90 Å². The van der Waals surface area contributed by atoms with Crippen LogP contribution in [0.3, 0.4) is 0 Å². The molecule has 1 fully saturated rings. The molecule has 1 saturated heterocycles. The molecule has 0 bridgehead atoms. The Hall–Kier alpha value is -1.31. The molecular weight excluding hydrogens is 196 g/mol. The van der Waals surface area contributed by atoms with Crippen molar-refractivity contribution in [3.05, 3.63) is 29.8 Å². The highest BCUT2D eigenvalue weighted by molar-refractivity contribution is 5.97. The van der Waals surface area contributed by atoms with Gasteiger partial charge in [0.1, 0.15) is 5.84 Å². The molecule has 1 heterocycles. The summed E-state index contributed by atoms with van der Waals surface area (Å²) >= 11 is 0. The van der Waals surface area contributed by atoms with Crippen LogP contribution >= 0.6 is 0 Å². The molecule has 1 aromatic rings. The van der Waals surface area contributed by atoms with Gasteiger partial charge in [-0.1, -0.05) is 25.5 Å². The molecule has 1 aliphatic heterocycles. The molecule has 2 rings (SSSR count). The first-order valence-electron chi connectivity index (χ1n) is 6.25. The van der Waals surface area contributed by atoms with Gasteiger partial charge in [0.25, 0.3) is 0 Å². The lowest BCUT2D eigenvalue weighted by molar-refractivity contribution is 0.795. The maximum atomic E-state index is 7.83. The van der Waals surface area contributed by atoms with Gasteiger partial charge in [-0.05, 0) is 37.0 Å². The van der Waals surface area contributed by atoms with Gasteiger partial charge in [-0.2, -0.15) is 0 Å². The van der Waals surface area contributed by atoms with Crippen molar-refractivity contribution in [1.29, 1.82) is 5.41 Å². The Morgan fingerprint density at radius 2 is 2.00 bits per heavy atom. The van der Waals surface area contributed by atoms with Gasteiger partial charge in [0.15, 0.2) is 0 Å². The summed E-state index contributed by atoms with van der Waals surface area (Å²) in [6.07, 6.45) is 5.74. The summed E-state index contributed by atoms with van der Waals surface area (Å²) in [4.78, 5) is 2.11. The molecule has 0 aromatic heterocycles. The Morgan fingerprint density at radius 1 is 1.25 bits per heavy atom. The van der Waals surface area contributed by atoms with E-state index in [9.17, 15) is 0 Å². The average Bonchev–Trinajstić information content (AvgIpc) is 2.74. The second-order valence-corrected chi connectivity index (χ2v) is 4.47. The van der Waals surface area contributed by atoms with Crippen LogP contribution in [-0.2, 0) is 6.42 Å². The number of hydrogen-bond acceptors (Lipinski definition) is 1. The van der Waals surface area contributed by atoms with Crippen LogP contribution in [0.2, 0.25) is 0 Å². The Morgan fingerprint density at radius 3 is 2.56 bits per heavy atom. The number of benzene rings is 1. The van der Waals surface area contributed by atoms with E-state index in [0.29, 0.717) is 0 Å². The van der Waals surface area contributed by atoms with Crippen LogP contribution in [0.15, 0.2) is 24.3 Å². The number of nitrogens with zero attached hydrogens (tertiary/aromatic N) is 1. The van der Waals surface area contributed by atoms with E-state index in [1.54, 1.807) is 0 Å². The van der Waals surface area contributed by atoms with Crippen molar-refractivity contribution < 1.29 is 0 Å². The number of aryl methyl sites for hydroxylation is 1. The molecular formula is C14H20N2. The van der Waals surface area contributed by atoms with E-state index in [-0.39, 0.29) is 0 Å². The number of nitrogens with one attached hydrogen (secondary N) is 1. The smallest absolute Gasteiger partial charge is 0.100 e. The second kappa shape index (κ2) is 5.15. The Balaban J connectivity index is 2.04. The minimum Gasteiger partial charge on any atom is -0.330 e. The molecule has 2 nitrogen and oxygen atoms in total. The topological polar surface area (TPSA) is 27.1 Å². The summed E-state index contributed by atoms with van der Waals surface area (Å²) in [5.41, 5.74) is 2.60. The van der Waals surface area contributed by atoms with Crippen molar-refractivity contribution in [2.75, 3.05) is 11.4 Å². The second-order valence-electron chi connectivity index (χ2n) is 4.47. The van der Waals surface area contributed by atoms with Gasteiger partial charge in [0.05, 0.1) is 0 Å². The monoisotopic (exact) mass is 216 g/mol. The molecule has 0 unspecified atom stereocenters. The van der Waals surface area contributed by atoms with Crippen molar-refractivity contribution >= 4 is 11.5 Å². The van der Waals surface area contributed by atoms with Gasteiger partial charge in [-0.15, -0.1) is 0 Å². The number of anilines is 1. The van der Waals surface area contributed by atoms with Crippen LogP contribution in [-0.4, -0.2) is 12.4 Å². The molecule has 2 heteroatoms. The van der Waals surface area contributed by atoms with Crippen LogP contribution in [0.1, 0.15) is 38.2 Å². The third-order valence-corrected chi connectivity index (χ3v) is 3.19. The molecule has 16 heavy (non-hydrogen) atoms. The van der Waals surface area contributed by atoms with Gasteiger partial charge in [-0.25, -0.2) is 0 Å². The first-order valence-corrected chi connectivity index (χ1v) is 6.25. The first-order chi connectivity index (χ1) is 7.81. The minimum absolute atomic E-state index is 0.765. The van der Waals surface area contributed by atoms with E-state index in [1.807, 2.05) is 0 Å². The lowest BCUT2D eigenvalue weighted by Crippen LogP contribution is -2.22. The fourth-order valence-corrected chi connectivity index (χ4v) is 2.18. The van der Waals surface area contributed by atoms with Crippen LogP contribution in [0.4, 0.5) is 5.69 Å². The number of rotatable bonds is 4. The third kappa shape index (κ3) is 2.43. The Kier molecular flexibility index (Phi) is 3.60. The molecule has 1 aromatic carbocycles. The van der Waals surface area contributed by atoms with Crippen molar-refractivity contribution in [1.82, 2.24) is 0 Å². The standard InChI is InChI=1S/C14H20N2/c1-2-3-5-12-7-9-13(10-8-12)16-11-4-6-14(16)15/h7-10,15H,2-6,11H2,1H3. The molecule has 0 radical (unpaired) electrons. The average molecular weight is 216 g/mol. The number of unbranched alkanes of at least 4 members (excludes halogenated alkanes) is 1. The van der Waals surface area contributed by atoms with Gasteiger partial charge in [0.2, 0.25) is 0 Å². The lowest BCUT2D eigenvalue weighted by Gasteiger charge is -2.18. The molecule has 0 amide bonds. The van der Waals surface area contributed by atoms with Crippen LogP contribution < -0.4 is 4.90 Å². The fourth-order valence-electron chi connectivity index (χ4n) is 2.18. The maximum absolute atomic E-state index is 7.83. The van der Waals surface area contributed by atoms with Gasteiger partial charge in [0, 0.05) is 18.7 Å². The zero-order valence-electron chi connectivity index (χ0n) is 10.00. The predicted octanol–water partition coefficient (Wildman–Crippen LogP) is 3.61. The van der Waals surface area contributed by atoms with Crippen LogP contribution in [0, 0.1) is 5.41 Å². The SMILES string of the molecule is CCCCc1ccc(N2CCCC2=N)cc1. The van der Waals surface area contributed by atoms with Crippen LogP contribution in [0.25, 0.3) is 0 Å². The maximum Gasteiger partial charge on any atom is 0.100 e. The minimum atomic E-state index is 0.765. The van der Waals surface area contributed by atoms with E-state index in [1.165, 1.54) is 30.5 Å². The van der Waals surface area contributed by atoms with Crippen molar-refractivity contribution in [3.63, 3.8) is 0 Å². The molecule has 0 aliphatic carbocycles. The van der Waals surface area contributed by atoms with Crippen molar-refractivity contribution in [2.24, 2.45) is 0 Å². The predicted molar refractivity (Wildman–Crippen MR) is 69.4 cm³/mol. The zero-order chi connectivity index (χ0) is 11.4. The lowest BCUT2D eigenvalue weighted by atomic mass is 10.1. The summed E-state index contributed by atoms with van der Waals surface area (Å²) in [6, 6.07) is 8.73. The summed E-state index contributed by atoms with van der Waals surface area (Å²) in [6.45, 7) is 3.23. The number of hydrogen-bond donors (Lipinski definition) is 1. The Labute approximate surface area is 97.8 Å². The van der Waals surface area contributed by atoms with Crippen LogP contribution in [0.5, 0.6) is 0 Å². The third-order valence-electron chi connectivity index (χ3n) is 3.19. The molecule has 86 valence electrons. The quantitative estimate of drug-likeness (QED) is 0.818.